The van der Waals surface area contributed by atoms with Crippen LogP contribution in [-0.2, 0) is 14.6 Å². The molecule has 0 amide bonds. The first-order valence-corrected chi connectivity index (χ1v) is 6.76. The maximum atomic E-state index is 11.2. The first-order valence-electron chi connectivity index (χ1n) is 4.86. The lowest BCUT2D eigenvalue weighted by atomic mass is 10.2. The maximum Gasteiger partial charge on any atom is 0.328 e. The van der Waals surface area contributed by atoms with Gasteiger partial charge in [0.2, 0.25) is 0 Å². The van der Waals surface area contributed by atoms with Gasteiger partial charge in [-0.1, -0.05) is 0 Å². The number of hydrogen-bond acceptors (Lipinski definition) is 4. The Morgan fingerprint density at radius 2 is 2.25 bits per heavy atom. The van der Waals surface area contributed by atoms with E-state index >= 15 is 0 Å². The average Bonchev–Trinajstić information content (AvgIpc) is 2.79. The summed E-state index contributed by atoms with van der Waals surface area (Å²) >= 11 is 0. The van der Waals surface area contributed by atoms with Crippen LogP contribution in [-0.4, -0.2) is 35.5 Å². The SMILES string of the molecule is CS(=O)(=O)c1cnn(C(C(=O)O)C2CC2)c1. The van der Waals surface area contributed by atoms with Crippen LogP contribution in [0.4, 0.5) is 0 Å². The van der Waals surface area contributed by atoms with Gasteiger partial charge in [-0.3, -0.25) is 4.68 Å². The number of aliphatic carboxylic acids is 1. The zero-order valence-electron chi connectivity index (χ0n) is 8.70. The number of sulfone groups is 1. The molecule has 1 N–H and O–H groups in total. The van der Waals surface area contributed by atoms with Gasteiger partial charge in [-0.25, -0.2) is 13.2 Å². The van der Waals surface area contributed by atoms with Gasteiger partial charge in [0.05, 0.1) is 6.20 Å². The molecule has 88 valence electrons. The second kappa shape index (κ2) is 3.58. The third-order valence-electron chi connectivity index (χ3n) is 2.61. The normalized spacial score (nSPS) is 18.3. The van der Waals surface area contributed by atoms with E-state index in [0.717, 1.165) is 19.1 Å². The first-order chi connectivity index (χ1) is 7.39. The minimum absolute atomic E-state index is 0.0550. The van der Waals surface area contributed by atoms with E-state index in [2.05, 4.69) is 5.10 Å². The number of nitrogens with zero attached hydrogens (tertiary/aromatic N) is 2. The molecule has 0 saturated heterocycles. The Morgan fingerprint density at radius 1 is 1.62 bits per heavy atom. The lowest BCUT2D eigenvalue weighted by Gasteiger charge is -2.10. The van der Waals surface area contributed by atoms with Crippen molar-refractivity contribution in [3.05, 3.63) is 12.4 Å². The van der Waals surface area contributed by atoms with Gasteiger partial charge in [-0.15, -0.1) is 0 Å². The predicted molar refractivity (Wildman–Crippen MR) is 54.7 cm³/mol. The fraction of sp³-hybridized carbons (Fsp3) is 0.556. The quantitative estimate of drug-likeness (QED) is 0.824. The molecule has 6 nitrogen and oxygen atoms in total. The summed E-state index contributed by atoms with van der Waals surface area (Å²) in [5, 5.41) is 12.9. The van der Waals surface area contributed by atoms with Gasteiger partial charge in [-0.05, 0) is 18.8 Å². The first kappa shape index (κ1) is 11.1. The van der Waals surface area contributed by atoms with Crippen LogP contribution in [0.25, 0.3) is 0 Å². The summed E-state index contributed by atoms with van der Waals surface area (Å²) in [5.41, 5.74) is 0. The molecule has 2 rings (SSSR count). The standard InChI is InChI=1S/C9H12N2O4S/c1-16(14,15)7-4-10-11(5-7)8(9(12)13)6-2-3-6/h4-6,8H,2-3H2,1H3,(H,12,13). The van der Waals surface area contributed by atoms with Gasteiger partial charge in [0.15, 0.2) is 15.9 Å². The van der Waals surface area contributed by atoms with Gasteiger partial charge < -0.3 is 5.11 Å². The van der Waals surface area contributed by atoms with Crippen LogP contribution in [0.1, 0.15) is 18.9 Å². The lowest BCUT2D eigenvalue weighted by molar-refractivity contribution is -0.141. The van der Waals surface area contributed by atoms with Crippen molar-refractivity contribution >= 4 is 15.8 Å². The fourth-order valence-corrected chi connectivity index (χ4v) is 2.15. The van der Waals surface area contributed by atoms with Crippen molar-refractivity contribution in [2.24, 2.45) is 5.92 Å². The van der Waals surface area contributed by atoms with Crippen LogP contribution < -0.4 is 0 Å². The molecule has 0 bridgehead atoms. The molecule has 0 radical (unpaired) electrons. The van der Waals surface area contributed by atoms with Crippen LogP contribution >= 0.6 is 0 Å². The molecule has 1 heterocycles. The number of carboxylic acid groups (broad SMARTS) is 1. The Bertz CT molecular complexity index is 515. The molecular formula is C9H12N2O4S. The Morgan fingerprint density at radius 3 is 2.62 bits per heavy atom. The highest BCUT2D eigenvalue weighted by Gasteiger charge is 2.38. The van der Waals surface area contributed by atoms with Gasteiger partial charge >= 0.3 is 5.97 Å². The molecule has 1 aliphatic rings. The smallest absolute Gasteiger partial charge is 0.328 e. The van der Waals surface area contributed by atoms with E-state index in [4.69, 9.17) is 5.11 Å². The largest absolute Gasteiger partial charge is 0.480 e. The predicted octanol–water partition coefficient (Wildman–Crippen LogP) is 0.322. The van der Waals surface area contributed by atoms with E-state index in [9.17, 15) is 13.2 Å². The van der Waals surface area contributed by atoms with Crippen molar-refractivity contribution in [2.75, 3.05) is 6.26 Å². The second-order valence-electron chi connectivity index (χ2n) is 4.05. The lowest BCUT2D eigenvalue weighted by Crippen LogP contribution is -2.21. The van der Waals surface area contributed by atoms with Crippen molar-refractivity contribution in [1.29, 1.82) is 0 Å². The maximum absolute atomic E-state index is 11.2. The van der Waals surface area contributed by atoms with Crippen molar-refractivity contribution < 1.29 is 18.3 Å². The molecule has 7 heteroatoms. The van der Waals surface area contributed by atoms with Crippen molar-refractivity contribution in [3.63, 3.8) is 0 Å². The summed E-state index contributed by atoms with van der Waals surface area (Å²) in [7, 11) is -3.32. The van der Waals surface area contributed by atoms with Gasteiger partial charge in [-0.2, -0.15) is 5.10 Å². The van der Waals surface area contributed by atoms with E-state index < -0.39 is 21.8 Å². The molecule has 1 atom stereocenters. The van der Waals surface area contributed by atoms with E-state index in [1.165, 1.54) is 17.1 Å². The van der Waals surface area contributed by atoms with Gasteiger partial charge in [0.25, 0.3) is 0 Å². The third-order valence-corrected chi connectivity index (χ3v) is 3.68. The molecule has 1 fully saturated rings. The van der Waals surface area contributed by atoms with Crippen LogP contribution in [0, 0.1) is 5.92 Å². The Balaban J connectivity index is 2.33. The summed E-state index contributed by atoms with van der Waals surface area (Å²) in [6.45, 7) is 0. The molecule has 1 aromatic heterocycles. The fourth-order valence-electron chi connectivity index (χ4n) is 1.61. The Labute approximate surface area is 92.8 Å². The third kappa shape index (κ3) is 2.08. The van der Waals surface area contributed by atoms with Crippen molar-refractivity contribution in [3.8, 4) is 0 Å². The topological polar surface area (TPSA) is 89.3 Å². The zero-order valence-corrected chi connectivity index (χ0v) is 9.51. The molecule has 16 heavy (non-hydrogen) atoms. The number of aromatic nitrogens is 2. The second-order valence-corrected chi connectivity index (χ2v) is 6.06. The zero-order chi connectivity index (χ0) is 11.9. The van der Waals surface area contributed by atoms with Gasteiger partial charge in [0, 0.05) is 12.5 Å². The molecule has 1 aromatic rings. The van der Waals surface area contributed by atoms with Crippen LogP contribution in [0.5, 0.6) is 0 Å². The van der Waals surface area contributed by atoms with Crippen LogP contribution in [0.15, 0.2) is 17.3 Å². The molecular weight excluding hydrogens is 232 g/mol. The molecule has 0 spiro atoms. The van der Waals surface area contributed by atoms with E-state index in [1.54, 1.807) is 0 Å². The highest BCUT2D eigenvalue weighted by atomic mass is 32.2. The summed E-state index contributed by atoms with van der Waals surface area (Å²) in [5.74, 6) is -0.893. The molecule has 1 aliphatic carbocycles. The molecule has 0 aliphatic heterocycles. The number of carbonyl (C=O) groups is 1. The highest BCUT2D eigenvalue weighted by Crippen LogP contribution is 2.39. The molecule has 1 saturated carbocycles. The van der Waals surface area contributed by atoms with Crippen LogP contribution in [0.2, 0.25) is 0 Å². The molecule has 0 aromatic carbocycles. The summed E-state index contributed by atoms with van der Waals surface area (Å²) in [6, 6.07) is -0.740. The van der Waals surface area contributed by atoms with E-state index in [-0.39, 0.29) is 10.8 Å². The van der Waals surface area contributed by atoms with Gasteiger partial charge in [0.1, 0.15) is 4.90 Å². The Hall–Kier alpha value is -1.37. The summed E-state index contributed by atoms with van der Waals surface area (Å²) < 4.78 is 23.7. The monoisotopic (exact) mass is 244 g/mol. The van der Waals surface area contributed by atoms with Crippen molar-refractivity contribution in [2.45, 2.75) is 23.8 Å². The summed E-state index contributed by atoms with van der Waals surface area (Å²) in [6.07, 6.45) is 5.25. The van der Waals surface area contributed by atoms with Crippen LogP contribution in [0.3, 0.4) is 0 Å². The van der Waals surface area contributed by atoms with Crippen molar-refractivity contribution in [1.82, 2.24) is 9.78 Å². The highest BCUT2D eigenvalue weighted by molar-refractivity contribution is 7.90. The Kier molecular flexibility index (Phi) is 2.49. The minimum atomic E-state index is -3.32. The van der Waals surface area contributed by atoms with E-state index in [1.807, 2.05) is 0 Å². The number of carboxylic acids is 1. The number of rotatable bonds is 4. The summed E-state index contributed by atoms with van der Waals surface area (Å²) in [4.78, 5) is 11.1. The number of hydrogen-bond donors (Lipinski definition) is 1. The molecule has 1 unspecified atom stereocenters. The average molecular weight is 244 g/mol. The van der Waals surface area contributed by atoms with E-state index in [0.29, 0.717) is 0 Å². The minimum Gasteiger partial charge on any atom is -0.480 e.